The zero-order valence-corrected chi connectivity index (χ0v) is 17.8. The largest absolute Gasteiger partial charge is 0.496 e. The molecule has 0 atom stereocenters. The fourth-order valence-corrected chi connectivity index (χ4v) is 4.41. The highest BCUT2D eigenvalue weighted by Crippen LogP contribution is 2.50. The minimum atomic E-state index is -0.415. The second kappa shape index (κ2) is 7.91. The molecule has 0 fully saturated rings. The summed E-state index contributed by atoms with van der Waals surface area (Å²) in [5.41, 5.74) is 5.78. The van der Waals surface area contributed by atoms with Crippen LogP contribution in [0.3, 0.4) is 0 Å². The molecule has 0 aliphatic carbocycles. The lowest BCUT2D eigenvalue weighted by Gasteiger charge is -2.24. The van der Waals surface area contributed by atoms with Crippen molar-refractivity contribution in [2.75, 3.05) is 13.7 Å². The van der Waals surface area contributed by atoms with Crippen molar-refractivity contribution in [1.29, 1.82) is 0 Å². The Balaban J connectivity index is 1.94. The van der Waals surface area contributed by atoms with Gasteiger partial charge in [0.05, 0.1) is 24.8 Å². The molecule has 0 saturated carbocycles. The Morgan fingerprint density at radius 3 is 2.90 bits per heavy atom. The number of rotatable bonds is 6. The highest BCUT2D eigenvalue weighted by atomic mass is 32.1. The molecule has 7 heteroatoms. The quantitative estimate of drug-likeness (QED) is 0.572. The number of nitrogens with zero attached hydrogens (tertiary/aromatic N) is 1. The zero-order chi connectivity index (χ0) is 20.5. The van der Waals surface area contributed by atoms with E-state index < -0.39 is 5.97 Å². The number of nitrogens with one attached hydrogen (secondary N) is 1. The van der Waals surface area contributed by atoms with Crippen LogP contribution in [0.5, 0.6) is 11.5 Å². The summed E-state index contributed by atoms with van der Waals surface area (Å²) in [7, 11) is 1.70. The number of ether oxygens (including phenoxy) is 3. The van der Waals surface area contributed by atoms with E-state index in [-0.39, 0.29) is 6.61 Å². The molecule has 0 radical (unpaired) electrons. The number of methoxy groups -OCH3 is 1. The van der Waals surface area contributed by atoms with Crippen molar-refractivity contribution in [2.24, 2.45) is 5.92 Å². The van der Waals surface area contributed by atoms with Crippen LogP contribution in [0.2, 0.25) is 0 Å². The number of aromatic amines is 1. The van der Waals surface area contributed by atoms with Gasteiger partial charge in [-0.25, -0.2) is 4.79 Å². The Kier molecular flexibility index (Phi) is 5.32. The lowest BCUT2D eigenvalue weighted by atomic mass is 9.90. The van der Waals surface area contributed by atoms with E-state index in [9.17, 15) is 4.79 Å². The molecule has 1 aliphatic heterocycles. The summed E-state index contributed by atoms with van der Waals surface area (Å²) >= 11 is 1.63. The van der Waals surface area contributed by atoms with Crippen LogP contribution >= 0.6 is 11.3 Å². The van der Waals surface area contributed by atoms with Gasteiger partial charge in [0.25, 0.3) is 0 Å². The van der Waals surface area contributed by atoms with Gasteiger partial charge in [-0.3, -0.25) is 5.10 Å². The molecule has 0 bridgehead atoms. The van der Waals surface area contributed by atoms with Crippen molar-refractivity contribution >= 4 is 17.3 Å². The number of aromatic nitrogens is 2. The van der Waals surface area contributed by atoms with Gasteiger partial charge in [-0.2, -0.15) is 16.4 Å². The van der Waals surface area contributed by atoms with Gasteiger partial charge < -0.3 is 14.2 Å². The third-order valence-corrected chi connectivity index (χ3v) is 5.60. The first kappa shape index (κ1) is 19.5. The number of H-pyrrole nitrogens is 1. The molecule has 0 amide bonds. The van der Waals surface area contributed by atoms with Crippen molar-refractivity contribution in [3.8, 4) is 33.9 Å². The number of hydrogen-bond acceptors (Lipinski definition) is 6. The number of thiophene rings is 1. The van der Waals surface area contributed by atoms with E-state index >= 15 is 0 Å². The van der Waals surface area contributed by atoms with Crippen LogP contribution in [0.15, 0.2) is 22.9 Å². The number of esters is 1. The van der Waals surface area contributed by atoms with Crippen molar-refractivity contribution in [1.82, 2.24) is 10.2 Å². The molecule has 1 aliphatic rings. The predicted molar refractivity (Wildman–Crippen MR) is 113 cm³/mol. The molecule has 0 spiro atoms. The minimum Gasteiger partial charge on any atom is -0.496 e. The fraction of sp³-hybridized carbons (Fsp3) is 0.364. The van der Waals surface area contributed by atoms with Gasteiger partial charge in [-0.05, 0) is 53.3 Å². The fourth-order valence-electron chi connectivity index (χ4n) is 3.77. The number of carbonyl (C=O) groups excluding carboxylic acids is 1. The number of carbonyl (C=O) groups is 1. The topological polar surface area (TPSA) is 73.4 Å². The van der Waals surface area contributed by atoms with Crippen LogP contribution in [-0.2, 0) is 17.8 Å². The van der Waals surface area contributed by atoms with Crippen molar-refractivity contribution in [3.05, 3.63) is 39.7 Å². The Labute approximate surface area is 173 Å². The number of benzene rings is 1. The Morgan fingerprint density at radius 1 is 1.41 bits per heavy atom. The molecule has 3 heterocycles. The first-order valence-corrected chi connectivity index (χ1v) is 10.6. The van der Waals surface area contributed by atoms with Crippen LogP contribution in [0.25, 0.3) is 22.4 Å². The maximum absolute atomic E-state index is 12.3. The molecule has 1 N–H and O–H groups in total. The van der Waals surface area contributed by atoms with E-state index in [1.54, 1.807) is 25.4 Å². The van der Waals surface area contributed by atoms with Gasteiger partial charge in [0, 0.05) is 5.56 Å². The summed E-state index contributed by atoms with van der Waals surface area (Å²) in [5, 5.41) is 11.4. The van der Waals surface area contributed by atoms with Crippen LogP contribution in [0.4, 0.5) is 0 Å². The summed E-state index contributed by atoms with van der Waals surface area (Å²) in [4.78, 5) is 12.3. The molecule has 2 aromatic heterocycles. The maximum Gasteiger partial charge on any atom is 0.356 e. The SMILES string of the molecule is CCOC(=O)c1[nH]nc2c1COc1c-2cc(CC(C)C)c(OC)c1-c1ccsc1. The van der Waals surface area contributed by atoms with Crippen molar-refractivity contribution in [3.63, 3.8) is 0 Å². The monoisotopic (exact) mass is 412 g/mol. The summed E-state index contributed by atoms with van der Waals surface area (Å²) < 4.78 is 17.2. The van der Waals surface area contributed by atoms with Gasteiger partial charge in [0.2, 0.25) is 0 Å². The normalized spacial score (nSPS) is 12.3. The first-order chi connectivity index (χ1) is 14.0. The van der Waals surface area contributed by atoms with Gasteiger partial charge >= 0.3 is 5.97 Å². The number of hydrogen-bond donors (Lipinski definition) is 1. The molecule has 6 nitrogen and oxygen atoms in total. The van der Waals surface area contributed by atoms with E-state index in [1.165, 1.54) is 0 Å². The minimum absolute atomic E-state index is 0.247. The Morgan fingerprint density at radius 2 is 2.24 bits per heavy atom. The smallest absolute Gasteiger partial charge is 0.356 e. The van der Waals surface area contributed by atoms with E-state index in [4.69, 9.17) is 14.2 Å². The lowest BCUT2D eigenvalue weighted by Crippen LogP contribution is -2.13. The Bertz CT molecular complexity index is 1040. The molecular formula is C22H24N2O4S. The van der Waals surface area contributed by atoms with E-state index in [2.05, 4.69) is 41.6 Å². The molecule has 3 aromatic rings. The standard InChI is InChI=1S/C22H24N2O4S/c1-5-27-22(25)19-16-10-28-21-15(18(16)23-24-19)9-14(8-12(2)3)20(26-4)17(21)13-6-7-29-11-13/h6-7,9,11-12H,5,8,10H2,1-4H3,(H,23,24). The molecule has 152 valence electrons. The van der Waals surface area contributed by atoms with Crippen molar-refractivity contribution in [2.45, 2.75) is 33.8 Å². The summed E-state index contributed by atoms with van der Waals surface area (Å²) in [6.07, 6.45) is 0.859. The number of fused-ring (bicyclic) bond motifs is 3. The van der Waals surface area contributed by atoms with Gasteiger partial charge in [0.1, 0.15) is 23.8 Å². The van der Waals surface area contributed by atoms with Crippen LogP contribution in [0, 0.1) is 5.92 Å². The highest BCUT2D eigenvalue weighted by molar-refractivity contribution is 7.08. The summed E-state index contributed by atoms with van der Waals surface area (Å²) in [6.45, 7) is 6.69. The average Bonchev–Trinajstić information content (AvgIpc) is 3.36. The summed E-state index contributed by atoms with van der Waals surface area (Å²) in [6, 6.07) is 4.15. The van der Waals surface area contributed by atoms with Crippen LogP contribution in [0.1, 0.15) is 42.4 Å². The lowest BCUT2D eigenvalue weighted by molar-refractivity contribution is 0.0516. The van der Waals surface area contributed by atoms with E-state index in [0.29, 0.717) is 18.2 Å². The van der Waals surface area contributed by atoms with Gasteiger partial charge in [0.15, 0.2) is 5.69 Å². The van der Waals surface area contributed by atoms with Crippen LogP contribution in [-0.4, -0.2) is 29.9 Å². The highest BCUT2D eigenvalue weighted by Gasteiger charge is 2.32. The molecule has 29 heavy (non-hydrogen) atoms. The molecule has 1 aromatic carbocycles. The van der Waals surface area contributed by atoms with Gasteiger partial charge in [-0.1, -0.05) is 13.8 Å². The second-order valence-corrected chi connectivity index (χ2v) is 8.15. The third-order valence-electron chi connectivity index (χ3n) is 4.91. The van der Waals surface area contributed by atoms with Crippen LogP contribution < -0.4 is 9.47 Å². The predicted octanol–water partition coefficient (Wildman–Crippen LogP) is 5.08. The van der Waals surface area contributed by atoms with E-state index in [0.717, 1.165) is 51.4 Å². The summed E-state index contributed by atoms with van der Waals surface area (Å²) in [5.74, 6) is 1.61. The second-order valence-electron chi connectivity index (χ2n) is 7.37. The first-order valence-electron chi connectivity index (χ1n) is 9.69. The third kappa shape index (κ3) is 3.40. The molecule has 0 unspecified atom stereocenters. The average molecular weight is 413 g/mol. The molecule has 0 saturated heterocycles. The maximum atomic E-state index is 12.3. The molecular weight excluding hydrogens is 388 g/mol. The molecule has 4 rings (SSSR count). The zero-order valence-electron chi connectivity index (χ0n) is 17.0. The van der Waals surface area contributed by atoms with E-state index in [1.807, 2.05) is 5.38 Å². The Hall–Kier alpha value is -2.80. The van der Waals surface area contributed by atoms with Crippen molar-refractivity contribution < 1.29 is 19.0 Å². The van der Waals surface area contributed by atoms with Gasteiger partial charge in [-0.15, -0.1) is 0 Å².